The first-order valence-electron chi connectivity index (χ1n) is 7.25. The molecule has 0 spiro atoms. The van der Waals surface area contributed by atoms with Crippen molar-refractivity contribution in [2.75, 3.05) is 25.5 Å². The van der Waals surface area contributed by atoms with Gasteiger partial charge in [-0.05, 0) is 35.9 Å². The van der Waals surface area contributed by atoms with Crippen LogP contribution in [-0.4, -0.2) is 31.7 Å². The molecule has 23 heavy (non-hydrogen) atoms. The maximum Gasteiger partial charge on any atom is 0.251 e. The Morgan fingerprint density at radius 3 is 2.57 bits per heavy atom. The molecule has 0 bridgehead atoms. The highest BCUT2D eigenvalue weighted by atomic mass is 16.3. The Morgan fingerprint density at radius 2 is 1.96 bits per heavy atom. The molecular formula is C18H19N3O2. The first-order valence-corrected chi connectivity index (χ1v) is 7.25. The molecule has 2 aromatic carbocycles. The Balaban J connectivity index is 1.96. The summed E-state index contributed by atoms with van der Waals surface area (Å²) in [6.45, 7) is 0.108. The van der Waals surface area contributed by atoms with Crippen molar-refractivity contribution in [3.05, 3.63) is 65.2 Å². The topological polar surface area (TPSA) is 76.4 Å². The van der Waals surface area contributed by atoms with E-state index in [1.165, 1.54) is 6.07 Å². The number of amides is 1. The normalized spacial score (nSPS) is 11.4. The van der Waals surface area contributed by atoms with Gasteiger partial charge in [-0.25, -0.2) is 0 Å². The van der Waals surface area contributed by atoms with Gasteiger partial charge in [-0.1, -0.05) is 18.2 Å². The molecule has 2 rings (SSSR count). The summed E-state index contributed by atoms with van der Waals surface area (Å²) >= 11 is 0. The molecule has 0 heterocycles. The summed E-state index contributed by atoms with van der Waals surface area (Å²) in [5, 5.41) is 21.7. The minimum atomic E-state index is -0.783. The highest BCUT2D eigenvalue weighted by Gasteiger charge is 2.11. The summed E-state index contributed by atoms with van der Waals surface area (Å²) in [6, 6.07) is 15.9. The van der Waals surface area contributed by atoms with Crippen LogP contribution in [0.1, 0.15) is 27.6 Å². The van der Waals surface area contributed by atoms with Crippen LogP contribution in [0.4, 0.5) is 5.69 Å². The molecule has 2 N–H and O–H groups in total. The lowest BCUT2D eigenvalue weighted by atomic mass is 10.1. The van der Waals surface area contributed by atoms with Crippen LogP contribution < -0.4 is 10.2 Å². The number of nitrogens with one attached hydrogen (secondary N) is 1. The van der Waals surface area contributed by atoms with Gasteiger partial charge in [-0.2, -0.15) is 5.26 Å². The zero-order chi connectivity index (χ0) is 16.8. The number of aliphatic hydroxyl groups is 1. The van der Waals surface area contributed by atoms with Gasteiger partial charge in [0.05, 0.1) is 17.7 Å². The molecule has 0 fully saturated rings. The Labute approximate surface area is 135 Å². The number of nitriles is 1. The Bertz CT molecular complexity index is 718. The zero-order valence-corrected chi connectivity index (χ0v) is 13.2. The van der Waals surface area contributed by atoms with Crippen molar-refractivity contribution in [1.82, 2.24) is 5.32 Å². The van der Waals surface area contributed by atoms with Gasteiger partial charge in [0.2, 0.25) is 0 Å². The third kappa shape index (κ3) is 4.31. The third-order valence-corrected chi connectivity index (χ3v) is 3.50. The van der Waals surface area contributed by atoms with Crippen LogP contribution >= 0.6 is 0 Å². The van der Waals surface area contributed by atoms with E-state index in [9.17, 15) is 9.90 Å². The third-order valence-electron chi connectivity index (χ3n) is 3.50. The molecule has 0 aromatic heterocycles. The van der Waals surface area contributed by atoms with Crippen LogP contribution in [0.15, 0.2) is 48.5 Å². The molecule has 0 unspecified atom stereocenters. The largest absolute Gasteiger partial charge is 0.387 e. The number of carbonyl (C=O) groups is 1. The van der Waals surface area contributed by atoms with Crippen molar-refractivity contribution in [2.45, 2.75) is 6.10 Å². The van der Waals surface area contributed by atoms with Gasteiger partial charge in [0, 0.05) is 31.9 Å². The molecule has 0 aliphatic heterocycles. The lowest BCUT2D eigenvalue weighted by Gasteiger charge is -2.15. The molecule has 1 amide bonds. The van der Waals surface area contributed by atoms with Crippen molar-refractivity contribution < 1.29 is 9.90 Å². The van der Waals surface area contributed by atoms with Crippen LogP contribution in [0.3, 0.4) is 0 Å². The van der Waals surface area contributed by atoms with Gasteiger partial charge in [0.15, 0.2) is 0 Å². The number of carbonyl (C=O) groups excluding carboxylic acids is 1. The van der Waals surface area contributed by atoms with Gasteiger partial charge >= 0.3 is 0 Å². The minimum Gasteiger partial charge on any atom is -0.387 e. The fraction of sp³-hybridized carbons (Fsp3) is 0.222. The summed E-state index contributed by atoms with van der Waals surface area (Å²) in [6.07, 6.45) is -0.783. The molecule has 118 valence electrons. The van der Waals surface area contributed by atoms with Crippen LogP contribution in [-0.2, 0) is 0 Å². The van der Waals surface area contributed by atoms with Gasteiger partial charge in [-0.3, -0.25) is 4.79 Å². The van der Waals surface area contributed by atoms with Crippen LogP contribution in [0.2, 0.25) is 0 Å². The van der Waals surface area contributed by atoms with Crippen molar-refractivity contribution in [3.8, 4) is 6.07 Å². The van der Waals surface area contributed by atoms with E-state index in [-0.39, 0.29) is 12.5 Å². The summed E-state index contributed by atoms with van der Waals surface area (Å²) in [7, 11) is 3.89. The summed E-state index contributed by atoms with van der Waals surface area (Å²) < 4.78 is 0. The Kier molecular flexibility index (Phi) is 5.34. The maximum absolute atomic E-state index is 12.1. The smallest absolute Gasteiger partial charge is 0.251 e. The zero-order valence-electron chi connectivity index (χ0n) is 13.2. The molecule has 0 radical (unpaired) electrons. The van der Waals surface area contributed by atoms with Crippen molar-refractivity contribution in [3.63, 3.8) is 0 Å². The van der Waals surface area contributed by atoms with E-state index in [2.05, 4.69) is 5.32 Å². The van der Waals surface area contributed by atoms with Crippen molar-refractivity contribution in [2.24, 2.45) is 0 Å². The second-order valence-corrected chi connectivity index (χ2v) is 5.40. The van der Waals surface area contributed by atoms with Crippen LogP contribution in [0.5, 0.6) is 0 Å². The molecule has 5 nitrogen and oxygen atoms in total. The molecule has 2 aromatic rings. The lowest BCUT2D eigenvalue weighted by molar-refractivity contribution is 0.0916. The quantitative estimate of drug-likeness (QED) is 0.886. The van der Waals surface area contributed by atoms with E-state index in [0.717, 1.165) is 11.3 Å². The summed E-state index contributed by atoms with van der Waals surface area (Å²) in [5.41, 5.74) is 2.61. The Hall–Kier alpha value is -2.84. The number of rotatable bonds is 5. The van der Waals surface area contributed by atoms with E-state index in [0.29, 0.717) is 11.1 Å². The van der Waals surface area contributed by atoms with E-state index < -0.39 is 6.10 Å². The molecule has 0 aliphatic rings. The highest BCUT2D eigenvalue weighted by Crippen LogP contribution is 2.17. The molecule has 0 saturated carbocycles. The van der Waals surface area contributed by atoms with Crippen molar-refractivity contribution >= 4 is 11.6 Å². The first-order chi connectivity index (χ1) is 11.0. The average Bonchev–Trinajstić information content (AvgIpc) is 2.59. The van der Waals surface area contributed by atoms with E-state index >= 15 is 0 Å². The van der Waals surface area contributed by atoms with E-state index in [1.807, 2.05) is 49.3 Å². The van der Waals surface area contributed by atoms with E-state index in [1.54, 1.807) is 18.2 Å². The van der Waals surface area contributed by atoms with Crippen molar-refractivity contribution in [1.29, 1.82) is 5.26 Å². The number of nitrogens with zero attached hydrogens (tertiary/aromatic N) is 2. The van der Waals surface area contributed by atoms with Gasteiger partial charge in [-0.15, -0.1) is 0 Å². The number of hydrogen-bond acceptors (Lipinski definition) is 4. The second kappa shape index (κ2) is 7.43. The lowest BCUT2D eigenvalue weighted by Crippen LogP contribution is -2.28. The predicted octanol–water partition coefficient (Wildman–Crippen LogP) is 2.09. The number of anilines is 1. The molecule has 0 aliphatic carbocycles. The number of hydrogen-bond donors (Lipinski definition) is 2. The molecule has 0 saturated heterocycles. The number of aliphatic hydroxyl groups excluding tert-OH is 1. The standard InChI is InChI=1S/C18H19N3O2/c1-21(2)16-8-6-14(7-9-16)17(22)12-20-18(23)15-5-3-4-13(10-15)11-19/h3-10,17,22H,12H2,1-2H3,(H,20,23)/t17-/m0/s1. The van der Waals surface area contributed by atoms with Crippen LogP contribution in [0.25, 0.3) is 0 Å². The maximum atomic E-state index is 12.1. The minimum absolute atomic E-state index is 0.108. The SMILES string of the molecule is CN(C)c1ccc([C@@H](O)CNC(=O)c2cccc(C#N)c2)cc1. The monoisotopic (exact) mass is 309 g/mol. The summed E-state index contributed by atoms with van der Waals surface area (Å²) in [5.74, 6) is -0.314. The summed E-state index contributed by atoms with van der Waals surface area (Å²) in [4.78, 5) is 14.0. The number of benzene rings is 2. The highest BCUT2D eigenvalue weighted by molar-refractivity contribution is 5.94. The second-order valence-electron chi connectivity index (χ2n) is 5.40. The van der Waals surface area contributed by atoms with Gasteiger partial charge in [0.25, 0.3) is 5.91 Å². The molecular weight excluding hydrogens is 290 g/mol. The predicted molar refractivity (Wildman–Crippen MR) is 89.2 cm³/mol. The molecule has 1 atom stereocenters. The van der Waals surface area contributed by atoms with Crippen LogP contribution in [0, 0.1) is 11.3 Å². The molecule has 5 heteroatoms. The first kappa shape index (κ1) is 16.5. The average molecular weight is 309 g/mol. The fourth-order valence-corrected chi connectivity index (χ4v) is 2.13. The van der Waals surface area contributed by atoms with Gasteiger partial charge in [0.1, 0.15) is 0 Å². The van der Waals surface area contributed by atoms with E-state index in [4.69, 9.17) is 5.26 Å². The Morgan fingerprint density at radius 1 is 1.26 bits per heavy atom. The van der Waals surface area contributed by atoms with Gasteiger partial charge < -0.3 is 15.3 Å². The fourth-order valence-electron chi connectivity index (χ4n) is 2.13.